The smallest absolute Gasteiger partial charge is 0.136 e. The van der Waals surface area contributed by atoms with Gasteiger partial charge in [0.1, 0.15) is 11.6 Å². The van der Waals surface area contributed by atoms with Crippen LogP contribution in [0.1, 0.15) is 79.0 Å². The molecule has 0 aliphatic carbocycles. The van der Waals surface area contributed by atoms with Crippen LogP contribution in [0, 0.1) is 6.07 Å². The van der Waals surface area contributed by atoms with E-state index in [1.54, 1.807) is 6.07 Å². The minimum Gasteiger partial charge on any atom is -0.507 e. The van der Waals surface area contributed by atoms with Crippen LogP contribution >= 0.6 is 0 Å². The van der Waals surface area contributed by atoms with E-state index in [9.17, 15) is 5.11 Å². The number of benzene rings is 4. The van der Waals surface area contributed by atoms with Crippen molar-refractivity contribution in [3.63, 3.8) is 0 Å². The molecule has 0 saturated heterocycles. The maximum absolute atomic E-state index is 11.0. The monoisotopic (exact) mass is 862 g/mol. The third-order valence-electron chi connectivity index (χ3n) is 9.70. The van der Waals surface area contributed by atoms with Gasteiger partial charge in [-0.15, -0.1) is 23.8 Å². The van der Waals surface area contributed by atoms with Crippen molar-refractivity contribution < 1.29 is 26.2 Å². The molecule has 0 atom stereocenters. The number of aromatic nitrogens is 3. The van der Waals surface area contributed by atoms with Crippen LogP contribution in [0.15, 0.2) is 109 Å². The second-order valence-electron chi connectivity index (χ2n) is 16.6. The number of hydrogen-bond donors (Lipinski definition) is 1. The number of rotatable bonds is 4. The first kappa shape index (κ1) is 38.8. The maximum atomic E-state index is 11.0. The van der Waals surface area contributed by atoms with Gasteiger partial charge in [-0.05, 0) is 97.1 Å². The number of nitrogens with zero attached hydrogens (tertiary/aromatic N) is 3. The number of hydrogen-bond acceptors (Lipinski definition) is 3. The summed E-state index contributed by atoms with van der Waals surface area (Å²) in [5.41, 5.74) is 11.1. The van der Waals surface area contributed by atoms with Gasteiger partial charge in [0.2, 0.25) is 0 Å². The molecule has 4 aromatic carbocycles. The van der Waals surface area contributed by atoms with Gasteiger partial charge in [0.25, 0.3) is 0 Å². The summed E-state index contributed by atoms with van der Waals surface area (Å²) in [4.78, 5) is 9.96. The predicted octanol–water partition coefficient (Wildman–Crippen LogP) is 11.6. The van der Waals surface area contributed by atoms with Crippen molar-refractivity contribution in [3.8, 4) is 45.2 Å². The van der Waals surface area contributed by atoms with E-state index < -0.39 is 0 Å². The molecule has 0 bridgehead atoms. The molecule has 0 amide bonds. The van der Waals surface area contributed by atoms with E-state index in [0.29, 0.717) is 11.3 Å². The molecule has 0 unspecified atom stereocenters. The van der Waals surface area contributed by atoms with Gasteiger partial charge in [0.15, 0.2) is 0 Å². The van der Waals surface area contributed by atoms with Crippen molar-refractivity contribution in [3.05, 3.63) is 132 Å². The number of para-hydroxylation sites is 1. The van der Waals surface area contributed by atoms with Gasteiger partial charge < -0.3 is 9.67 Å². The molecule has 3 aromatic heterocycles. The van der Waals surface area contributed by atoms with Crippen LogP contribution in [-0.4, -0.2) is 28.1 Å². The van der Waals surface area contributed by atoms with E-state index in [4.69, 9.17) is 9.97 Å². The van der Waals surface area contributed by atoms with Crippen LogP contribution in [0.2, 0.25) is 0 Å². The van der Waals surface area contributed by atoms with Crippen LogP contribution in [0.25, 0.3) is 61.3 Å². The Morgan fingerprint density at radius 3 is 1.83 bits per heavy atom. The van der Waals surface area contributed by atoms with E-state index in [-0.39, 0.29) is 51.5 Å². The molecule has 0 aliphatic heterocycles. The molecule has 7 aromatic rings. The average molecular weight is 863 g/mol. The van der Waals surface area contributed by atoms with Crippen molar-refractivity contribution >= 4 is 30.2 Å². The number of phenols is 1. The molecule has 0 fully saturated rings. The molecule has 6 heteroatoms. The summed E-state index contributed by atoms with van der Waals surface area (Å²) in [6, 6.07) is 39.5. The molecular weight excluding hydrogens is 816 g/mol. The molecular formula is C46H46BN3OPt-. The third kappa shape index (κ3) is 7.39. The first-order valence-electron chi connectivity index (χ1n) is 17.5. The van der Waals surface area contributed by atoms with Crippen molar-refractivity contribution in [1.29, 1.82) is 0 Å². The Hall–Kier alpha value is -4.47. The van der Waals surface area contributed by atoms with Crippen LogP contribution in [0.3, 0.4) is 0 Å². The summed E-state index contributed by atoms with van der Waals surface area (Å²) in [6.07, 6.45) is 1.83. The summed E-state index contributed by atoms with van der Waals surface area (Å²) in [6.45, 7) is 20.3. The summed E-state index contributed by atoms with van der Waals surface area (Å²) in [5, 5.41) is 13.3. The third-order valence-corrected chi connectivity index (χ3v) is 9.70. The first-order chi connectivity index (χ1) is 23.6. The Morgan fingerprint density at radius 1 is 0.596 bits per heavy atom. The molecule has 0 spiro atoms. The van der Waals surface area contributed by atoms with Crippen LogP contribution in [-0.2, 0) is 37.3 Å². The van der Waals surface area contributed by atoms with Gasteiger partial charge in [-0.3, -0.25) is 4.98 Å². The molecule has 1 N–H and O–H groups in total. The van der Waals surface area contributed by atoms with E-state index in [2.05, 4.69) is 134 Å². The van der Waals surface area contributed by atoms with E-state index >= 15 is 0 Å². The largest absolute Gasteiger partial charge is 0.507 e. The minimum atomic E-state index is -0.0308. The Morgan fingerprint density at radius 2 is 1.21 bits per heavy atom. The number of fused-ring (bicyclic) bond motifs is 3. The summed E-state index contributed by atoms with van der Waals surface area (Å²) < 4.78 is 2.21. The topological polar surface area (TPSA) is 50.9 Å². The Bertz CT molecular complexity index is 2360. The summed E-state index contributed by atoms with van der Waals surface area (Å²) in [5.74, 6) is 1.04. The van der Waals surface area contributed by atoms with Crippen LogP contribution < -0.4 is 0 Å². The molecule has 3 heterocycles. The zero-order valence-electron chi connectivity index (χ0n) is 31.6. The fourth-order valence-corrected chi connectivity index (χ4v) is 6.61. The zero-order valence-corrected chi connectivity index (χ0v) is 33.8. The summed E-state index contributed by atoms with van der Waals surface area (Å²) >= 11 is 0. The van der Waals surface area contributed by atoms with Crippen LogP contribution in [0.5, 0.6) is 5.75 Å². The summed E-state index contributed by atoms with van der Waals surface area (Å²) in [7, 11) is 0. The number of phenolic OH excluding ortho intramolecular Hbond substituents is 1. The normalized spacial score (nSPS) is 12.1. The van der Waals surface area contributed by atoms with E-state index in [1.165, 1.54) is 22.1 Å². The SMILES string of the molecule is CC(C)(C)c1cc(-c2cc(-c3[c-]c4c(cc3)c3cc(C(C)(C)C)ccc3n4-c3ccccn3)nc(-c3ccccc3O)c2)cc(C(C)(C)C)c1.[B].[Pt]. The average Bonchev–Trinajstić information content (AvgIpc) is 3.40. The van der Waals surface area contributed by atoms with Crippen LogP contribution in [0.4, 0.5) is 0 Å². The second-order valence-corrected chi connectivity index (χ2v) is 16.6. The minimum absolute atomic E-state index is 0. The second kappa shape index (κ2) is 14.2. The Balaban J connectivity index is 0.00000261. The molecule has 3 radical (unpaired) electrons. The zero-order chi connectivity index (χ0) is 35.6. The number of aromatic hydroxyl groups is 1. The Labute approximate surface area is 325 Å². The van der Waals surface area contributed by atoms with Crippen molar-refractivity contribution in [2.75, 3.05) is 0 Å². The molecule has 0 saturated carbocycles. The molecule has 265 valence electrons. The van der Waals surface area contributed by atoms with Gasteiger partial charge in [-0.2, -0.15) is 0 Å². The quantitative estimate of drug-likeness (QED) is 0.142. The Kier molecular flexibility index (Phi) is 10.6. The maximum Gasteiger partial charge on any atom is 0.136 e. The standard InChI is InChI=1S/C46H46N3O.B.Pt/c1-44(2,3)32-18-20-40-37(28-32)35-19-17-29(26-41(35)49(40)43-16-12-13-21-47-43)38-24-31(25-39(48-38)36-14-10-11-15-42(36)50)30-22-33(45(4,5)6)27-34(23-30)46(7,8)9;;/h10-25,27-28,50H,1-9H3;;/q-1;;. The molecule has 52 heavy (non-hydrogen) atoms. The molecule has 0 aliphatic rings. The fourth-order valence-electron chi connectivity index (χ4n) is 6.61. The van der Waals surface area contributed by atoms with Crippen molar-refractivity contribution in [1.82, 2.24) is 14.5 Å². The number of pyridine rings is 2. The molecule has 4 nitrogen and oxygen atoms in total. The first-order valence-corrected chi connectivity index (χ1v) is 17.5. The van der Waals surface area contributed by atoms with Crippen molar-refractivity contribution in [2.45, 2.75) is 78.6 Å². The predicted molar refractivity (Wildman–Crippen MR) is 215 cm³/mol. The van der Waals surface area contributed by atoms with E-state index in [0.717, 1.165) is 44.6 Å². The van der Waals surface area contributed by atoms with Gasteiger partial charge in [-0.1, -0.05) is 122 Å². The van der Waals surface area contributed by atoms with Gasteiger partial charge in [0.05, 0.1) is 5.69 Å². The molecule has 7 rings (SSSR count). The fraction of sp³-hybridized carbons (Fsp3) is 0.261. The van der Waals surface area contributed by atoms with Gasteiger partial charge >= 0.3 is 0 Å². The van der Waals surface area contributed by atoms with Crippen molar-refractivity contribution in [2.24, 2.45) is 0 Å². The van der Waals surface area contributed by atoms with E-state index in [1.807, 2.05) is 42.6 Å². The van der Waals surface area contributed by atoms with Gasteiger partial charge in [0, 0.05) is 46.8 Å². The van der Waals surface area contributed by atoms with Gasteiger partial charge in [-0.25, -0.2) is 4.98 Å².